The van der Waals surface area contributed by atoms with E-state index in [4.69, 9.17) is 9.47 Å². The largest absolute Gasteiger partial charge is 0.492 e. The molecule has 0 fully saturated rings. The molecular formula is C23H21BrO3. The summed E-state index contributed by atoms with van der Waals surface area (Å²) in [7, 11) is 0. The van der Waals surface area contributed by atoms with Crippen molar-refractivity contribution in [3.8, 4) is 22.6 Å². The summed E-state index contributed by atoms with van der Waals surface area (Å²) in [6.07, 6.45) is 2.07. The summed E-state index contributed by atoms with van der Waals surface area (Å²) < 4.78 is 11.9. The van der Waals surface area contributed by atoms with E-state index in [1.807, 2.05) is 42.5 Å². The number of hydrogen-bond donors (Lipinski definition) is 0. The molecule has 138 valence electrons. The van der Waals surface area contributed by atoms with Crippen molar-refractivity contribution in [3.63, 3.8) is 0 Å². The van der Waals surface area contributed by atoms with E-state index < -0.39 is 5.97 Å². The SMILES string of the molecule is CCCCOc1ccc(C(=O)Oc2ccc(-c3ccccc3)cc2)cc1Br. The molecule has 0 aliphatic heterocycles. The van der Waals surface area contributed by atoms with Crippen LogP contribution in [0.15, 0.2) is 77.3 Å². The van der Waals surface area contributed by atoms with Crippen molar-refractivity contribution < 1.29 is 14.3 Å². The van der Waals surface area contributed by atoms with Gasteiger partial charge in [-0.15, -0.1) is 0 Å². The maximum atomic E-state index is 12.4. The van der Waals surface area contributed by atoms with Crippen LogP contribution < -0.4 is 9.47 Å². The van der Waals surface area contributed by atoms with Crippen molar-refractivity contribution in [1.82, 2.24) is 0 Å². The normalized spacial score (nSPS) is 10.4. The summed E-state index contributed by atoms with van der Waals surface area (Å²) in [5.41, 5.74) is 2.67. The van der Waals surface area contributed by atoms with Crippen molar-refractivity contribution in [2.45, 2.75) is 19.8 Å². The molecule has 0 N–H and O–H groups in total. The van der Waals surface area contributed by atoms with Crippen LogP contribution in [0.3, 0.4) is 0 Å². The molecule has 0 saturated carbocycles. The fourth-order valence-electron chi connectivity index (χ4n) is 2.58. The van der Waals surface area contributed by atoms with Crippen LogP contribution >= 0.6 is 15.9 Å². The van der Waals surface area contributed by atoms with Crippen LogP contribution in [-0.2, 0) is 0 Å². The molecule has 0 aliphatic carbocycles. The van der Waals surface area contributed by atoms with Crippen molar-refractivity contribution in [1.29, 1.82) is 0 Å². The molecule has 0 spiro atoms. The van der Waals surface area contributed by atoms with Gasteiger partial charge in [0.1, 0.15) is 11.5 Å². The fourth-order valence-corrected chi connectivity index (χ4v) is 3.08. The highest BCUT2D eigenvalue weighted by Gasteiger charge is 2.12. The van der Waals surface area contributed by atoms with E-state index in [2.05, 4.69) is 22.9 Å². The molecule has 4 heteroatoms. The lowest BCUT2D eigenvalue weighted by Crippen LogP contribution is -2.08. The van der Waals surface area contributed by atoms with Crippen LogP contribution in [0.25, 0.3) is 11.1 Å². The quantitative estimate of drug-likeness (QED) is 0.246. The van der Waals surface area contributed by atoms with Gasteiger partial charge in [0.25, 0.3) is 0 Å². The molecule has 0 amide bonds. The Morgan fingerprint density at radius 1 is 0.926 bits per heavy atom. The Bertz CT molecular complexity index is 889. The highest BCUT2D eigenvalue weighted by atomic mass is 79.9. The third-order valence-corrected chi connectivity index (χ3v) is 4.71. The lowest BCUT2D eigenvalue weighted by Gasteiger charge is -2.10. The monoisotopic (exact) mass is 424 g/mol. The van der Waals surface area contributed by atoms with Gasteiger partial charge in [0.2, 0.25) is 0 Å². The zero-order valence-electron chi connectivity index (χ0n) is 15.2. The second-order valence-electron chi connectivity index (χ2n) is 6.13. The van der Waals surface area contributed by atoms with Crippen LogP contribution in [0.1, 0.15) is 30.1 Å². The average Bonchev–Trinajstić information content (AvgIpc) is 2.70. The third kappa shape index (κ3) is 5.20. The maximum Gasteiger partial charge on any atom is 0.343 e. The molecule has 0 bridgehead atoms. The first kappa shape index (κ1) is 19.2. The predicted molar refractivity (Wildman–Crippen MR) is 111 cm³/mol. The number of ether oxygens (including phenoxy) is 2. The van der Waals surface area contributed by atoms with E-state index in [0.29, 0.717) is 17.9 Å². The second-order valence-corrected chi connectivity index (χ2v) is 6.98. The molecular weight excluding hydrogens is 404 g/mol. The zero-order valence-corrected chi connectivity index (χ0v) is 16.7. The molecule has 0 aromatic heterocycles. The van der Waals surface area contributed by atoms with Gasteiger partial charge in [-0.25, -0.2) is 4.79 Å². The van der Waals surface area contributed by atoms with E-state index in [9.17, 15) is 4.79 Å². The van der Waals surface area contributed by atoms with Gasteiger partial charge in [0.15, 0.2) is 0 Å². The molecule has 0 aliphatic rings. The summed E-state index contributed by atoms with van der Waals surface area (Å²) in [4.78, 5) is 12.4. The topological polar surface area (TPSA) is 35.5 Å². The molecule has 0 radical (unpaired) electrons. The van der Waals surface area contributed by atoms with E-state index in [-0.39, 0.29) is 0 Å². The summed E-state index contributed by atoms with van der Waals surface area (Å²) in [5.74, 6) is 0.842. The van der Waals surface area contributed by atoms with Crippen molar-refractivity contribution in [3.05, 3.63) is 82.8 Å². The number of hydrogen-bond acceptors (Lipinski definition) is 3. The van der Waals surface area contributed by atoms with Gasteiger partial charge in [-0.2, -0.15) is 0 Å². The Hall–Kier alpha value is -2.59. The minimum Gasteiger partial charge on any atom is -0.492 e. The van der Waals surface area contributed by atoms with Gasteiger partial charge in [-0.05, 0) is 63.8 Å². The Labute approximate surface area is 168 Å². The summed E-state index contributed by atoms with van der Waals surface area (Å²) in [6.45, 7) is 2.77. The standard InChI is InChI=1S/C23H21BrO3/c1-2-3-15-26-22-14-11-19(16-21(22)24)23(25)27-20-12-9-18(10-13-20)17-7-5-4-6-8-17/h4-14,16H,2-3,15H2,1H3. The number of unbranched alkanes of at least 4 members (excludes halogenated alkanes) is 1. The molecule has 3 aromatic carbocycles. The zero-order chi connectivity index (χ0) is 19.1. The average molecular weight is 425 g/mol. The van der Waals surface area contributed by atoms with Crippen molar-refractivity contribution in [2.24, 2.45) is 0 Å². The summed E-state index contributed by atoms with van der Waals surface area (Å²) in [5, 5.41) is 0. The van der Waals surface area contributed by atoms with E-state index >= 15 is 0 Å². The molecule has 0 saturated heterocycles. The molecule has 3 nitrogen and oxygen atoms in total. The number of carbonyl (C=O) groups is 1. The van der Waals surface area contributed by atoms with Gasteiger partial charge in [-0.1, -0.05) is 55.8 Å². The molecule has 3 rings (SSSR count). The number of rotatable bonds is 7. The first-order valence-electron chi connectivity index (χ1n) is 8.97. The molecule has 27 heavy (non-hydrogen) atoms. The molecule has 0 atom stereocenters. The Balaban J connectivity index is 1.65. The minimum atomic E-state index is -0.400. The lowest BCUT2D eigenvalue weighted by atomic mass is 10.1. The van der Waals surface area contributed by atoms with Gasteiger partial charge in [0.05, 0.1) is 16.6 Å². The highest BCUT2D eigenvalue weighted by Crippen LogP contribution is 2.27. The number of halogens is 1. The van der Waals surface area contributed by atoms with Crippen LogP contribution in [0.5, 0.6) is 11.5 Å². The predicted octanol–water partition coefficient (Wildman–Crippen LogP) is 6.51. The number of esters is 1. The Morgan fingerprint density at radius 2 is 1.63 bits per heavy atom. The van der Waals surface area contributed by atoms with Crippen molar-refractivity contribution in [2.75, 3.05) is 6.61 Å². The van der Waals surface area contributed by atoms with Crippen LogP contribution in [0.2, 0.25) is 0 Å². The van der Waals surface area contributed by atoms with Gasteiger partial charge in [-0.3, -0.25) is 0 Å². The fraction of sp³-hybridized carbons (Fsp3) is 0.174. The van der Waals surface area contributed by atoms with Crippen LogP contribution in [0.4, 0.5) is 0 Å². The summed E-state index contributed by atoms with van der Waals surface area (Å²) in [6, 6.07) is 22.8. The first-order chi connectivity index (χ1) is 13.2. The van der Waals surface area contributed by atoms with Gasteiger partial charge in [0, 0.05) is 0 Å². The van der Waals surface area contributed by atoms with Crippen LogP contribution in [0, 0.1) is 0 Å². The first-order valence-corrected chi connectivity index (χ1v) is 9.76. The Kier molecular flexibility index (Phi) is 6.66. The highest BCUT2D eigenvalue weighted by molar-refractivity contribution is 9.10. The van der Waals surface area contributed by atoms with E-state index in [1.165, 1.54) is 0 Å². The molecule has 0 unspecified atom stereocenters. The Morgan fingerprint density at radius 3 is 2.30 bits per heavy atom. The molecule has 0 heterocycles. The van der Waals surface area contributed by atoms with Crippen molar-refractivity contribution >= 4 is 21.9 Å². The van der Waals surface area contributed by atoms with Crippen LogP contribution in [-0.4, -0.2) is 12.6 Å². The lowest BCUT2D eigenvalue weighted by molar-refractivity contribution is 0.0734. The van der Waals surface area contributed by atoms with E-state index in [0.717, 1.165) is 34.2 Å². The maximum absolute atomic E-state index is 12.4. The van der Waals surface area contributed by atoms with Gasteiger partial charge < -0.3 is 9.47 Å². The van der Waals surface area contributed by atoms with Gasteiger partial charge >= 0.3 is 5.97 Å². The third-order valence-electron chi connectivity index (χ3n) is 4.10. The minimum absolute atomic E-state index is 0.400. The number of carbonyl (C=O) groups excluding carboxylic acids is 1. The summed E-state index contributed by atoms with van der Waals surface area (Å²) >= 11 is 3.46. The second kappa shape index (κ2) is 9.38. The molecule has 3 aromatic rings. The van der Waals surface area contributed by atoms with E-state index in [1.54, 1.807) is 30.3 Å². The number of benzene rings is 3. The smallest absolute Gasteiger partial charge is 0.343 e.